The smallest absolute Gasteiger partial charge is 0.240 e. The second kappa shape index (κ2) is 6.78. The molecule has 3 heteroatoms. The van der Waals surface area contributed by atoms with E-state index in [-0.39, 0.29) is 11.9 Å². The fraction of sp³-hybridized carbons (Fsp3) is 0.867. The normalized spacial score (nSPS) is 27.0. The van der Waals surface area contributed by atoms with Gasteiger partial charge in [-0.05, 0) is 44.9 Å². The lowest BCUT2D eigenvalue weighted by atomic mass is 9.82. The van der Waals surface area contributed by atoms with Gasteiger partial charge in [-0.15, -0.1) is 0 Å². The van der Waals surface area contributed by atoms with Crippen molar-refractivity contribution in [3.05, 3.63) is 0 Å². The van der Waals surface area contributed by atoms with Crippen molar-refractivity contribution in [2.75, 3.05) is 0 Å². The molecule has 1 aliphatic carbocycles. The van der Waals surface area contributed by atoms with E-state index in [1.807, 2.05) is 6.92 Å². The van der Waals surface area contributed by atoms with E-state index in [0.717, 1.165) is 18.8 Å². The van der Waals surface area contributed by atoms with Crippen LogP contribution in [0.5, 0.6) is 0 Å². The quantitative estimate of drug-likeness (QED) is 0.813. The molecule has 1 N–H and O–H groups in total. The van der Waals surface area contributed by atoms with Gasteiger partial charge in [0, 0.05) is 6.04 Å². The zero-order valence-corrected chi connectivity index (χ0v) is 12.0. The predicted octanol–water partition coefficient (Wildman–Crippen LogP) is 3.40. The van der Waals surface area contributed by atoms with Crippen LogP contribution in [0.1, 0.15) is 65.7 Å². The minimum atomic E-state index is -0.861. The van der Waals surface area contributed by atoms with E-state index in [1.54, 1.807) is 6.92 Å². The van der Waals surface area contributed by atoms with Crippen LogP contribution in [-0.4, -0.2) is 11.9 Å². The Morgan fingerprint density at radius 1 is 1.33 bits per heavy atom. The van der Waals surface area contributed by atoms with Crippen LogP contribution in [0.15, 0.2) is 0 Å². The minimum absolute atomic E-state index is 0.0913. The van der Waals surface area contributed by atoms with Crippen LogP contribution in [0.2, 0.25) is 0 Å². The van der Waals surface area contributed by atoms with Gasteiger partial charge in [0.25, 0.3) is 0 Å². The summed E-state index contributed by atoms with van der Waals surface area (Å²) >= 11 is 0. The Morgan fingerprint density at radius 2 is 1.94 bits per heavy atom. The molecule has 0 aliphatic heterocycles. The maximum atomic E-state index is 12.1. The molecule has 0 saturated heterocycles. The van der Waals surface area contributed by atoms with Gasteiger partial charge in [0.15, 0.2) is 0 Å². The van der Waals surface area contributed by atoms with E-state index >= 15 is 0 Å². The fourth-order valence-electron chi connectivity index (χ4n) is 2.64. The Balaban J connectivity index is 2.42. The van der Waals surface area contributed by atoms with Crippen LogP contribution in [0, 0.1) is 22.7 Å². The van der Waals surface area contributed by atoms with Gasteiger partial charge in [0.2, 0.25) is 5.91 Å². The Hall–Kier alpha value is -1.04. The number of nitrogens with one attached hydrogen (secondary N) is 1. The van der Waals surface area contributed by atoms with Crippen molar-refractivity contribution in [1.29, 1.82) is 5.26 Å². The van der Waals surface area contributed by atoms with Crippen LogP contribution < -0.4 is 5.32 Å². The summed E-state index contributed by atoms with van der Waals surface area (Å²) in [5.74, 6) is 0.753. The van der Waals surface area contributed by atoms with Crippen molar-refractivity contribution in [3.8, 4) is 6.07 Å². The topological polar surface area (TPSA) is 52.9 Å². The second-order valence-electron chi connectivity index (χ2n) is 5.78. The maximum Gasteiger partial charge on any atom is 0.240 e. The highest BCUT2D eigenvalue weighted by Gasteiger charge is 2.33. The van der Waals surface area contributed by atoms with Gasteiger partial charge in [-0.2, -0.15) is 5.26 Å². The lowest BCUT2D eigenvalue weighted by Gasteiger charge is -2.31. The summed E-state index contributed by atoms with van der Waals surface area (Å²) in [6, 6.07) is 2.42. The first-order valence-electron chi connectivity index (χ1n) is 7.28. The molecule has 0 aromatic heterocycles. The van der Waals surface area contributed by atoms with Gasteiger partial charge in [-0.3, -0.25) is 4.79 Å². The monoisotopic (exact) mass is 250 g/mol. The maximum absolute atomic E-state index is 12.1. The standard InChI is InChI=1S/C15H26N2O/c1-4-6-12-7-9-13(10-8-12)17-14(18)15(3,5-2)11-16/h12-13H,4-10H2,1-3H3,(H,17,18). The molecule has 3 nitrogen and oxygen atoms in total. The third-order valence-electron chi connectivity index (χ3n) is 4.33. The Kier molecular flexibility index (Phi) is 5.65. The van der Waals surface area contributed by atoms with E-state index in [4.69, 9.17) is 5.26 Å². The lowest BCUT2D eigenvalue weighted by Crippen LogP contribution is -2.44. The number of nitrogens with zero attached hydrogens (tertiary/aromatic N) is 1. The summed E-state index contributed by atoms with van der Waals surface area (Å²) in [7, 11) is 0. The van der Waals surface area contributed by atoms with E-state index in [0.29, 0.717) is 6.42 Å². The molecule has 1 saturated carbocycles. The average Bonchev–Trinajstić information content (AvgIpc) is 2.40. The minimum Gasteiger partial charge on any atom is -0.352 e. The second-order valence-corrected chi connectivity index (χ2v) is 5.78. The van der Waals surface area contributed by atoms with Crippen LogP contribution in [-0.2, 0) is 4.79 Å². The zero-order valence-electron chi connectivity index (χ0n) is 12.0. The molecule has 18 heavy (non-hydrogen) atoms. The van der Waals surface area contributed by atoms with Gasteiger partial charge in [0.1, 0.15) is 5.41 Å². The third-order valence-corrected chi connectivity index (χ3v) is 4.33. The molecule has 1 rings (SSSR count). The van der Waals surface area contributed by atoms with Crippen LogP contribution >= 0.6 is 0 Å². The highest BCUT2D eigenvalue weighted by molar-refractivity contribution is 5.85. The summed E-state index contributed by atoms with van der Waals surface area (Å²) in [6.45, 7) is 5.85. The van der Waals surface area contributed by atoms with Gasteiger partial charge < -0.3 is 5.32 Å². The van der Waals surface area contributed by atoms with Crippen LogP contribution in [0.4, 0.5) is 0 Å². The molecule has 0 radical (unpaired) electrons. The van der Waals surface area contributed by atoms with Crippen molar-refractivity contribution >= 4 is 5.91 Å². The molecule has 1 atom stereocenters. The molecule has 0 bridgehead atoms. The zero-order chi connectivity index (χ0) is 13.6. The van der Waals surface area contributed by atoms with Crippen molar-refractivity contribution in [2.45, 2.75) is 71.8 Å². The molecule has 1 unspecified atom stereocenters. The summed E-state index contributed by atoms with van der Waals surface area (Å²) in [5.41, 5.74) is -0.861. The molecule has 1 aliphatic rings. The van der Waals surface area contributed by atoms with E-state index < -0.39 is 5.41 Å². The summed E-state index contributed by atoms with van der Waals surface area (Å²) in [5, 5.41) is 12.1. The molecule has 0 aromatic carbocycles. The Morgan fingerprint density at radius 3 is 2.39 bits per heavy atom. The number of amides is 1. The molecule has 102 valence electrons. The van der Waals surface area contributed by atoms with E-state index in [2.05, 4.69) is 18.3 Å². The first-order chi connectivity index (χ1) is 8.55. The van der Waals surface area contributed by atoms with Gasteiger partial charge in [0.05, 0.1) is 6.07 Å². The number of hydrogen-bond acceptors (Lipinski definition) is 2. The number of hydrogen-bond donors (Lipinski definition) is 1. The summed E-state index contributed by atoms with van der Waals surface area (Å²) < 4.78 is 0. The Labute approximate surface area is 111 Å². The van der Waals surface area contributed by atoms with Gasteiger partial charge >= 0.3 is 0 Å². The molecule has 0 heterocycles. The molecular formula is C15H26N2O. The number of nitriles is 1. The van der Waals surface area contributed by atoms with Crippen molar-refractivity contribution in [3.63, 3.8) is 0 Å². The molecule has 0 spiro atoms. The number of carbonyl (C=O) groups excluding carboxylic acids is 1. The molecule has 0 aromatic rings. The van der Waals surface area contributed by atoms with Gasteiger partial charge in [-0.25, -0.2) is 0 Å². The average molecular weight is 250 g/mol. The summed E-state index contributed by atoms with van der Waals surface area (Å²) in [4.78, 5) is 12.1. The van der Waals surface area contributed by atoms with Crippen molar-refractivity contribution < 1.29 is 4.79 Å². The van der Waals surface area contributed by atoms with Gasteiger partial charge in [-0.1, -0.05) is 26.7 Å². The predicted molar refractivity (Wildman–Crippen MR) is 72.8 cm³/mol. The summed E-state index contributed by atoms with van der Waals surface area (Å²) in [6.07, 6.45) is 7.71. The lowest BCUT2D eigenvalue weighted by molar-refractivity contribution is -0.128. The number of carbonyl (C=O) groups is 1. The van der Waals surface area contributed by atoms with Crippen molar-refractivity contribution in [2.24, 2.45) is 11.3 Å². The van der Waals surface area contributed by atoms with Crippen LogP contribution in [0.3, 0.4) is 0 Å². The largest absolute Gasteiger partial charge is 0.352 e. The Bertz CT molecular complexity index is 313. The third kappa shape index (κ3) is 3.73. The molecule has 1 amide bonds. The van der Waals surface area contributed by atoms with E-state index in [9.17, 15) is 4.79 Å². The highest BCUT2D eigenvalue weighted by atomic mass is 16.2. The fourth-order valence-corrected chi connectivity index (χ4v) is 2.64. The SMILES string of the molecule is CCCC1CCC(NC(=O)C(C)(C#N)CC)CC1. The first kappa shape index (κ1) is 15.0. The van der Waals surface area contributed by atoms with Crippen LogP contribution in [0.25, 0.3) is 0 Å². The van der Waals surface area contributed by atoms with E-state index in [1.165, 1.54) is 25.7 Å². The highest BCUT2D eigenvalue weighted by Crippen LogP contribution is 2.28. The first-order valence-corrected chi connectivity index (χ1v) is 7.28. The number of rotatable bonds is 5. The molecule has 1 fully saturated rings. The molecular weight excluding hydrogens is 224 g/mol. The van der Waals surface area contributed by atoms with Crippen molar-refractivity contribution in [1.82, 2.24) is 5.32 Å².